The minimum Gasteiger partial charge on any atom is -0.344 e. The normalized spacial score (nSPS) is 15.3. The number of nitrogens with one attached hydrogen (secondary N) is 1. The molecule has 0 radical (unpaired) electrons. The second kappa shape index (κ2) is 5.95. The summed E-state index contributed by atoms with van der Waals surface area (Å²) < 4.78 is 2.70. The summed E-state index contributed by atoms with van der Waals surface area (Å²) in [7, 11) is 1.83. The van der Waals surface area contributed by atoms with Crippen LogP contribution in [-0.2, 0) is 17.4 Å². The molecule has 0 bridgehead atoms. The summed E-state index contributed by atoms with van der Waals surface area (Å²) >= 11 is 3.36. The molecule has 7 heteroatoms. The largest absolute Gasteiger partial charge is 0.344 e. The fourth-order valence-electron chi connectivity index (χ4n) is 2.02. The van der Waals surface area contributed by atoms with E-state index in [2.05, 4.69) is 31.4 Å². The Bertz CT molecular complexity index is 635. The number of aromatic nitrogens is 3. The van der Waals surface area contributed by atoms with Crippen molar-refractivity contribution in [3.63, 3.8) is 0 Å². The van der Waals surface area contributed by atoms with Crippen molar-refractivity contribution >= 4 is 21.8 Å². The van der Waals surface area contributed by atoms with Crippen LogP contribution in [0.2, 0.25) is 0 Å². The first kappa shape index (κ1) is 15.7. The summed E-state index contributed by atoms with van der Waals surface area (Å²) in [5.41, 5.74) is 5.83. The molecule has 6 nitrogen and oxygen atoms in total. The Labute approximate surface area is 131 Å². The molecule has 0 aliphatic carbocycles. The van der Waals surface area contributed by atoms with Crippen molar-refractivity contribution in [2.75, 3.05) is 0 Å². The first-order valence-corrected chi connectivity index (χ1v) is 7.31. The number of nitrogens with two attached hydrogens (primary N) is 1. The van der Waals surface area contributed by atoms with Gasteiger partial charge in [0.2, 0.25) is 5.91 Å². The van der Waals surface area contributed by atoms with Gasteiger partial charge in [-0.15, -0.1) is 10.2 Å². The number of hydrogen-bond donors (Lipinski definition) is 2. The van der Waals surface area contributed by atoms with Gasteiger partial charge in [0.1, 0.15) is 11.9 Å². The molecule has 0 aliphatic rings. The SMILES string of the molecule is CC(NC(=O)C(C)(N)c1ccc(Br)cc1)c1nncn1C. The van der Waals surface area contributed by atoms with Gasteiger partial charge in [0, 0.05) is 11.5 Å². The van der Waals surface area contributed by atoms with Gasteiger partial charge >= 0.3 is 0 Å². The summed E-state index contributed by atoms with van der Waals surface area (Å²) in [5.74, 6) is 0.412. The predicted molar refractivity (Wildman–Crippen MR) is 83.2 cm³/mol. The maximum absolute atomic E-state index is 12.5. The zero-order valence-corrected chi connectivity index (χ0v) is 13.8. The summed E-state index contributed by atoms with van der Waals surface area (Å²) in [5, 5.41) is 10.7. The molecule has 0 fully saturated rings. The Hall–Kier alpha value is -1.73. The lowest BCUT2D eigenvalue weighted by atomic mass is 9.92. The van der Waals surface area contributed by atoms with Crippen LogP contribution in [0, 0.1) is 0 Å². The molecular weight excluding hydrogens is 334 g/mol. The van der Waals surface area contributed by atoms with Crippen LogP contribution >= 0.6 is 15.9 Å². The second-order valence-electron chi connectivity index (χ2n) is 5.20. The predicted octanol–water partition coefficient (Wildman–Crippen LogP) is 1.63. The molecule has 2 atom stereocenters. The molecule has 2 unspecified atom stereocenters. The molecule has 0 saturated heterocycles. The number of benzene rings is 1. The van der Waals surface area contributed by atoms with Gasteiger partial charge in [0.05, 0.1) is 6.04 Å². The number of carbonyl (C=O) groups excluding carboxylic acids is 1. The van der Waals surface area contributed by atoms with E-state index >= 15 is 0 Å². The molecule has 21 heavy (non-hydrogen) atoms. The third kappa shape index (κ3) is 3.30. The van der Waals surface area contributed by atoms with E-state index in [9.17, 15) is 4.79 Å². The lowest BCUT2D eigenvalue weighted by Gasteiger charge is -2.26. The molecule has 0 spiro atoms. The van der Waals surface area contributed by atoms with Crippen molar-refractivity contribution < 1.29 is 4.79 Å². The van der Waals surface area contributed by atoms with E-state index in [0.717, 1.165) is 10.0 Å². The molecule has 1 aromatic heterocycles. The fourth-order valence-corrected chi connectivity index (χ4v) is 2.29. The van der Waals surface area contributed by atoms with Crippen molar-refractivity contribution in [3.8, 4) is 0 Å². The highest BCUT2D eigenvalue weighted by molar-refractivity contribution is 9.10. The smallest absolute Gasteiger partial charge is 0.244 e. The highest BCUT2D eigenvalue weighted by Gasteiger charge is 2.32. The van der Waals surface area contributed by atoms with Gasteiger partial charge in [-0.05, 0) is 31.5 Å². The second-order valence-corrected chi connectivity index (χ2v) is 6.12. The topological polar surface area (TPSA) is 85.8 Å². The standard InChI is InChI=1S/C14H18BrN5O/c1-9(12-19-17-8-20(12)3)18-13(21)14(2,16)10-4-6-11(15)7-5-10/h4-9H,16H2,1-3H3,(H,18,21). The first-order chi connectivity index (χ1) is 9.82. The molecule has 0 aliphatic heterocycles. The van der Waals surface area contributed by atoms with E-state index in [-0.39, 0.29) is 11.9 Å². The van der Waals surface area contributed by atoms with Crippen LogP contribution in [0.5, 0.6) is 0 Å². The minimum atomic E-state index is -1.12. The van der Waals surface area contributed by atoms with Crippen LogP contribution in [0.25, 0.3) is 0 Å². The zero-order chi connectivity index (χ0) is 15.6. The van der Waals surface area contributed by atoms with Crippen molar-refractivity contribution in [3.05, 3.63) is 46.5 Å². The Kier molecular flexibility index (Phi) is 4.43. The van der Waals surface area contributed by atoms with E-state index in [1.807, 2.05) is 38.2 Å². The van der Waals surface area contributed by atoms with Gasteiger partial charge in [0.15, 0.2) is 5.82 Å². The van der Waals surface area contributed by atoms with Gasteiger partial charge in [-0.1, -0.05) is 28.1 Å². The lowest BCUT2D eigenvalue weighted by Crippen LogP contribution is -2.49. The zero-order valence-electron chi connectivity index (χ0n) is 12.2. The molecular formula is C14H18BrN5O. The average Bonchev–Trinajstić information content (AvgIpc) is 2.85. The van der Waals surface area contributed by atoms with Gasteiger partial charge in [0.25, 0.3) is 0 Å². The summed E-state index contributed by atoms with van der Waals surface area (Å²) in [6.07, 6.45) is 1.59. The third-order valence-corrected chi connectivity index (χ3v) is 3.93. The Balaban J connectivity index is 2.15. The number of amides is 1. The number of nitrogens with zero attached hydrogens (tertiary/aromatic N) is 3. The maximum atomic E-state index is 12.5. The molecule has 2 rings (SSSR count). The van der Waals surface area contributed by atoms with Crippen LogP contribution in [0.15, 0.2) is 35.1 Å². The third-order valence-electron chi connectivity index (χ3n) is 3.40. The molecule has 1 amide bonds. The number of hydrogen-bond acceptors (Lipinski definition) is 4. The highest BCUT2D eigenvalue weighted by Crippen LogP contribution is 2.21. The molecule has 1 heterocycles. The van der Waals surface area contributed by atoms with E-state index in [1.54, 1.807) is 17.8 Å². The van der Waals surface area contributed by atoms with Crippen LogP contribution < -0.4 is 11.1 Å². The summed E-state index contributed by atoms with van der Waals surface area (Å²) in [4.78, 5) is 12.5. The van der Waals surface area contributed by atoms with E-state index in [4.69, 9.17) is 5.73 Å². The Morgan fingerprint density at radius 3 is 2.57 bits per heavy atom. The van der Waals surface area contributed by atoms with Crippen molar-refractivity contribution in [2.24, 2.45) is 12.8 Å². The molecule has 2 aromatic rings. The van der Waals surface area contributed by atoms with Crippen LogP contribution in [0.3, 0.4) is 0 Å². The monoisotopic (exact) mass is 351 g/mol. The van der Waals surface area contributed by atoms with E-state index < -0.39 is 5.54 Å². The van der Waals surface area contributed by atoms with Crippen molar-refractivity contribution in [1.29, 1.82) is 0 Å². The van der Waals surface area contributed by atoms with Crippen LogP contribution in [0.4, 0.5) is 0 Å². The van der Waals surface area contributed by atoms with Crippen molar-refractivity contribution in [1.82, 2.24) is 20.1 Å². The molecule has 1 aromatic carbocycles. The highest BCUT2D eigenvalue weighted by atomic mass is 79.9. The lowest BCUT2D eigenvalue weighted by molar-refractivity contribution is -0.126. The van der Waals surface area contributed by atoms with Crippen LogP contribution in [-0.4, -0.2) is 20.7 Å². The van der Waals surface area contributed by atoms with Crippen LogP contribution in [0.1, 0.15) is 31.3 Å². The summed E-state index contributed by atoms with van der Waals surface area (Å²) in [6.45, 7) is 3.54. The molecule has 112 valence electrons. The Morgan fingerprint density at radius 2 is 2.05 bits per heavy atom. The van der Waals surface area contributed by atoms with Gasteiger partial charge in [-0.2, -0.15) is 0 Å². The number of rotatable bonds is 4. The quantitative estimate of drug-likeness (QED) is 0.876. The molecule has 3 N–H and O–H groups in total. The van der Waals surface area contributed by atoms with Crippen molar-refractivity contribution in [2.45, 2.75) is 25.4 Å². The number of halogens is 1. The van der Waals surface area contributed by atoms with Gasteiger partial charge in [-0.25, -0.2) is 0 Å². The minimum absolute atomic E-state index is 0.264. The summed E-state index contributed by atoms with van der Waals surface area (Å²) in [6, 6.07) is 7.11. The number of aryl methyl sites for hydroxylation is 1. The number of carbonyl (C=O) groups is 1. The van der Waals surface area contributed by atoms with E-state index in [1.165, 1.54) is 0 Å². The van der Waals surface area contributed by atoms with E-state index in [0.29, 0.717) is 5.82 Å². The first-order valence-electron chi connectivity index (χ1n) is 6.52. The maximum Gasteiger partial charge on any atom is 0.244 e. The average molecular weight is 352 g/mol. The van der Waals surface area contributed by atoms with Gasteiger partial charge in [-0.3, -0.25) is 4.79 Å². The van der Waals surface area contributed by atoms with Gasteiger partial charge < -0.3 is 15.6 Å². The fraction of sp³-hybridized carbons (Fsp3) is 0.357. The molecule has 0 saturated carbocycles. The Morgan fingerprint density at radius 1 is 1.43 bits per heavy atom.